The van der Waals surface area contributed by atoms with Crippen LogP contribution in [0.2, 0.25) is 0 Å². The first-order valence-electron chi connectivity index (χ1n) is 6.38. The summed E-state index contributed by atoms with van der Waals surface area (Å²) in [5.41, 5.74) is 1.73. The van der Waals surface area contributed by atoms with Gasteiger partial charge in [0.05, 0.1) is 12.7 Å². The van der Waals surface area contributed by atoms with Crippen LogP contribution in [0.5, 0.6) is 5.75 Å². The maximum atomic E-state index is 13.5. The number of rotatable bonds is 4. The van der Waals surface area contributed by atoms with Gasteiger partial charge >= 0.3 is 0 Å². The molecule has 0 aromatic heterocycles. The molecule has 3 nitrogen and oxygen atoms in total. The second-order valence-electron chi connectivity index (χ2n) is 4.61. The number of hydrogen-bond acceptors (Lipinski definition) is 2. The van der Waals surface area contributed by atoms with Crippen LogP contribution in [-0.4, -0.2) is 13.0 Å². The lowest BCUT2D eigenvalue weighted by Crippen LogP contribution is -2.23. The summed E-state index contributed by atoms with van der Waals surface area (Å²) in [6.45, 7) is 1.96. The largest absolute Gasteiger partial charge is 0.496 e. The van der Waals surface area contributed by atoms with Crippen LogP contribution >= 0.6 is 15.9 Å². The molecule has 1 amide bonds. The number of carbonyl (C=O) groups is 1. The molecule has 0 unspecified atom stereocenters. The molecule has 21 heavy (non-hydrogen) atoms. The van der Waals surface area contributed by atoms with Crippen LogP contribution in [-0.2, 0) is 6.54 Å². The molecular formula is C16H15BrFNO2. The van der Waals surface area contributed by atoms with Crippen LogP contribution in [0.15, 0.2) is 40.9 Å². The molecule has 0 aliphatic carbocycles. The first-order valence-corrected chi connectivity index (χ1v) is 7.17. The van der Waals surface area contributed by atoms with Crippen molar-refractivity contribution in [2.24, 2.45) is 0 Å². The lowest BCUT2D eigenvalue weighted by atomic mass is 10.1. The van der Waals surface area contributed by atoms with Crippen molar-refractivity contribution in [1.29, 1.82) is 0 Å². The average Bonchev–Trinajstić information content (AvgIpc) is 2.48. The van der Waals surface area contributed by atoms with Gasteiger partial charge in [0, 0.05) is 11.0 Å². The van der Waals surface area contributed by atoms with E-state index in [4.69, 9.17) is 4.74 Å². The summed E-state index contributed by atoms with van der Waals surface area (Å²) in [6, 6.07) is 10.1. The van der Waals surface area contributed by atoms with Crippen molar-refractivity contribution in [2.75, 3.05) is 7.11 Å². The smallest absolute Gasteiger partial charge is 0.255 e. The van der Waals surface area contributed by atoms with E-state index in [1.165, 1.54) is 13.2 Å². The number of nitrogens with one attached hydrogen (secondary N) is 1. The van der Waals surface area contributed by atoms with E-state index in [1.54, 1.807) is 37.3 Å². The quantitative estimate of drug-likeness (QED) is 0.908. The van der Waals surface area contributed by atoms with E-state index < -0.39 is 0 Å². The molecule has 0 aliphatic rings. The Morgan fingerprint density at radius 1 is 1.29 bits per heavy atom. The van der Waals surface area contributed by atoms with Crippen LogP contribution in [0.4, 0.5) is 4.39 Å². The van der Waals surface area contributed by atoms with Gasteiger partial charge in [0.2, 0.25) is 0 Å². The molecule has 2 aromatic rings. The van der Waals surface area contributed by atoms with Gasteiger partial charge in [0.1, 0.15) is 11.6 Å². The third-order valence-electron chi connectivity index (χ3n) is 3.10. The third-order valence-corrected chi connectivity index (χ3v) is 3.59. The Morgan fingerprint density at radius 3 is 2.71 bits per heavy atom. The maximum absolute atomic E-state index is 13.5. The second-order valence-corrected chi connectivity index (χ2v) is 5.53. The van der Waals surface area contributed by atoms with E-state index in [0.717, 1.165) is 4.47 Å². The summed E-state index contributed by atoms with van der Waals surface area (Å²) in [7, 11) is 1.51. The summed E-state index contributed by atoms with van der Waals surface area (Å²) in [4.78, 5) is 12.2. The average molecular weight is 352 g/mol. The Bertz CT molecular complexity index is 673. The van der Waals surface area contributed by atoms with E-state index in [0.29, 0.717) is 22.4 Å². The fourth-order valence-electron chi connectivity index (χ4n) is 1.88. The molecule has 0 aliphatic heterocycles. The molecule has 0 fully saturated rings. The Balaban J connectivity index is 2.09. The van der Waals surface area contributed by atoms with Gasteiger partial charge in [0.15, 0.2) is 0 Å². The molecule has 0 heterocycles. The molecule has 0 saturated heterocycles. The van der Waals surface area contributed by atoms with Gasteiger partial charge in [-0.05, 0) is 42.3 Å². The Morgan fingerprint density at radius 2 is 2.05 bits per heavy atom. The van der Waals surface area contributed by atoms with Gasteiger partial charge in [-0.15, -0.1) is 0 Å². The molecular weight excluding hydrogens is 337 g/mol. The molecule has 0 atom stereocenters. The molecule has 0 saturated carbocycles. The highest BCUT2D eigenvalue weighted by Gasteiger charge is 2.12. The molecule has 1 N–H and O–H groups in total. The highest BCUT2D eigenvalue weighted by Crippen LogP contribution is 2.23. The summed E-state index contributed by atoms with van der Waals surface area (Å²) in [5.74, 6) is -0.0553. The van der Waals surface area contributed by atoms with Crippen molar-refractivity contribution >= 4 is 21.8 Å². The van der Waals surface area contributed by atoms with Crippen molar-refractivity contribution in [3.63, 3.8) is 0 Å². The monoisotopic (exact) mass is 351 g/mol. The number of amides is 1. The fraction of sp³-hybridized carbons (Fsp3) is 0.188. The second kappa shape index (κ2) is 6.72. The number of benzene rings is 2. The fourth-order valence-corrected chi connectivity index (χ4v) is 2.22. The SMILES string of the molecule is COc1cc(Br)ccc1C(=O)NCc1ccc(C)c(F)c1. The predicted molar refractivity (Wildman–Crippen MR) is 83.0 cm³/mol. The van der Waals surface area contributed by atoms with E-state index in [2.05, 4.69) is 21.2 Å². The minimum absolute atomic E-state index is 0.259. The van der Waals surface area contributed by atoms with Crippen molar-refractivity contribution in [3.05, 3.63) is 63.4 Å². The first-order chi connectivity index (χ1) is 10.0. The number of halogens is 2. The highest BCUT2D eigenvalue weighted by atomic mass is 79.9. The maximum Gasteiger partial charge on any atom is 0.255 e. The highest BCUT2D eigenvalue weighted by molar-refractivity contribution is 9.10. The van der Waals surface area contributed by atoms with E-state index in [1.807, 2.05) is 0 Å². The topological polar surface area (TPSA) is 38.3 Å². The minimum Gasteiger partial charge on any atom is -0.496 e. The van der Waals surface area contributed by atoms with Gasteiger partial charge < -0.3 is 10.1 Å². The number of methoxy groups -OCH3 is 1. The standard InChI is InChI=1S/C16H15BrFNO2/c1-10-3-4-11(7-14(10)18)9-19-16(20)13-6-5-12(17)8-15(13)21-2/h3-8H,9H2,1-2H3,(H,19,20). The lowest BCUT2D eigenvalue weighted by Gasteiger charge is -2.10. The van der Waals surface area contributed by atoms with Crippen LogP contribution in [0.1, 0.15) is 21.5 Å². The molecule has 110 valence electrons. The van der Waals surface area contributed by atoms with E-state index >= 15 is 0 Å². The van der Waals surface area contributed by atoms with Gasteiger partial charge in [-0.2, -0.15) is 0 Å². The molecule has 0 radical (unpaired) electrons. The summed E-state index contributed by atoms with van der Waals surface area (Å²) in [6.07, 6.45) is 0. The zero-order chi connectivity index (χ0) is 15.4. The Hall–Kier alpha value is -1.88. The van der Waals surface area contributed by atoms with Crippen LogP contribution in [0.25, 0.3) is 0 Å². The van der Waals surface area contributed by atoms with Crippen LogP contribution in [0, 0.1) is 12.7 Å². The third kappa shape index (κ3) is 3.82. The molecule has 5 heteroatoms. The number of carbonyl (C=O) groups excluding carboxylic acids is 1. The number of aryl methyl sites for hydroxylation is 1. The minimum atomic E-state index is -0.275. The molecule has 2 aromatic carbocycles. The normalized spacial score (nSPS) is 10.3. The van der Waals surface area contributed by atoms with Crippen molar-refractivity contribution in [3.8, 4) is 5.75 Å². The van der Waals surface area contributed by atoms with E-state index in [9.17, 15) is 9.18 Å². The zero-order valence-electron chi connectivity index (χ0n) is 11.7. The van der Waals surface area contributed by atoms with Crippen LogP contribution < -0.4 is 10.1 Å². The summed E-state index contributed by atoms with van der Waals surface area (Å²) >= 11 is 3.32. The van der Waals surface area contributed by atoms with Crippen molar-refractivity contribution < 1.29 is 13.9 Å². The van der Waals surface area contributed by atoms with Gasteiger partial charge in [-0.1, -0.05) is 28.1 Å². The Labute approximate surface area is 131 Å². The molecule has 2 rings (SSSR count). The van der Waals surface area contributed by atoms with Crippen LogP contribution in [0.3, 0.4) is 0 Å². The Kier molecular flexibility index (Phi) is 4.96. The number of hydrogen-bond donors (Lipinski definition) is 1. The molecule has 0 bridgehead atoms. The lowest BCUT2D eigenvalue weighted by molar-refractivity contribution is 0.0948. The van der Waals surface area contributed by atoms with Gasteiger partial charge in [-0.25, -0.2) is 4.39 Å². The van der Waals surface area contributed by atoms with Gasteiger partial charge in [0.25, 0.3) is 5.91 Å². The first kappa shape index (κ1) is 15.5. The van der Waals surface area contributed by atoms with Crippen molar-refractivity contribution in [1.82, 2.24) is 5.32 Å². The summed E-state index contributed by atoms with van der Waals surface area (Å²) in [5, 5.41) is 2.76. The number of ether oxygens (including phenoxy) is 1. The van der Waals surface area contributed by atoms with E-state index in [-0.39, 0.29) is 18.3 Å². The van der Waals surface area contributed by atoms with Crippen molar-refractivity contribution in [2.45, 2.75) is 13.5 Å². The molecule has 0 spiro atoms. The van der Waals surface area contributed by atoms with Gasteiger partial charge in [-0.3, -0.25) is 4.79 Å². The predicted octanol–water partition coefficient (Wildman–Crippen LogP) is 3.84. The zero-order valence-corrected chi connectivity index (χ0v) is 13.3. The summed E-state index contributed by atoms with van der Waals surface area (Å²) < 4.78 is 19.5.